The van der Waals surface area contributed by atoms with Gasteiger partial charge in [-0.25, -0.2) is 0 Å². The van der Waals surface area contributed by atoms with E-state index in [2.05, 4.69) is 56.4 Å². The Morgan fingerprint density at radius 2 is 1.87 bits per heavy atom. The monoisotopic (exact) mass is 410 g/mol. The van der Waals surface area contributed by atoms with Crippen molar-refractivity contribution in [3.05, 3.63) is 35.5 Å². The molecule has 162 valence electrons. The van der Waals surface area contributed by atoms with Crippen LogP contribution in [0.1, 0.15) is 24.0 Å². The first-order chi connectivity index (χ1) is 14.7. The third kappa shape index (κ3) is 4.61. The Labute approximate surface area is 179 Å². The smallest absolute Gasteiger partial charge is 0.236 e. The summed E-state index contributed by atoms with van der Waals surface area (Å²) in [6, 6.07) is 6.45. The van der Waals surface area contributed by atoms with Gasteiger partial charge in [0.2, 0.25) is 5.91 Å². The van der Waals surface area contributed by atoms with E-state index >= 15 is 0 Å². The van der Waals surface area contributed by atoms with E-state index in [4.69, 9.17) is 0 Å². The summed E-state index contributed by atoms with van der Waals surface area (Å²) in [4.78, 5) is 26.9. The number of aromatic amines is 1. The number of hydrogen-bond acceptors (Lipinski definition) is 3. The lowest BCUT2D eigenvalue weighted by molar-refractivity contribution is -0.131. The largest absolute Gasteiger partial charge is 0.361 e. The molecule has 2 aliphatic heterocycles. The minimum atomic E-state index is 0.289. The lowest BCUT2D eigenvalue weighted by Gasteiger charge is -2.36. The number of para-hydroxylation sites is 1. The van der Waals surface area contributed by atoms with Crippen LogP contribution in [0.15, 0.2) is 29.4 Å². The number of rotatable bonds is 5. The van der Waals surface area contributed by atoms with Gasteiger partial charge in [0, 0.05) is 70.0 Å². The number of amides is 1. The van der Waals surface area contributed by atoms with Crippen molar-refractivity contribution in [2.24, 2.45) is 4.99 Å². The Kier molecular flexibility index (Phi) is 6.57. The number of guanidine groups is 1. The molecule has 7 nitrogen and oxygen atoms in total. The number of hydrogen-bond donors (Lipinski definition) is 2. The number of piperazine rings is 1. The van der Waals surface area contributed by atoms with Crippen LogP contribution in [0.25, 0.3) is 10.9 Å². The molecule has 2 N–H and O–H groups in total. The Hall–Kier alpha value is -2.54. The summed E-state index contributed by atoms with van der Waals surface area (Å²) in [5, 5.41) is 4.83. The number of H-pyrrole nitrogens is 1. The summed E-state index contributed by atoms with van der Waals surface area (Å²) < 4.78 is 0. The molecule has 1 aromatic heterocycles. The van der Waals surface area contributed by atoms with Crippen molar-refractivity contribution in [3.63, 3.8) is 0 Å². The quantitative estimate of drug-likeness (QED) is 0.583. The zero-order valence-electron chi connectivity index (χ0n) is 18.3. The maximum atomic E-state index is 12.4. The van der Waals surface area contributed by atoms with Crippen LogP contribution < -0.4 is 5.32 Å². The summed E-state index contributed by atoms with van der Waals surface area (Å²) in [6.45, 7) is 9.03. The number of carbonyl (C=O) groups excluding carboxylic acids is 1. The van der Waals surface area contributed by atoms with Crippen molar-refractivity contribution >= 4 is 22.8 Å². The van der Waals surface area contributed by atoms with E-state index in [1.54, 1.807) is 0 Å². The number of carbonyl (C=O) groups is 1. The van der Waals surface area contributed by atoms with E-state index in [9.17, 15) is 4.79 Å². The number of likely N-dealkylation sites (tertiary alicyclic amines) is 1. The van der Waals surface area contributed by atoms with E-state index in [1.165, 1.54) is 22.0 Å². The third-order valence-corrected chi connectivity index (χ3v) is 6.39. The molecular weight excluding hydrogens is 376 g/mol. The average Bonchev–Trinajstić information content (AvgIpc) is 3.43. The number of aryl methyl sites for hydroxylation is 1. The van der Waals surface area contributed by atoms with Crippen LogP contribution in [-0.4, -0.2) is 91.0 Å². The first kappa shape index (κ1) is 20.7. The van der Waals surface area contributed by atoms with Crippen LogP contribution in [0.5, 0.6) is 0 Å². The SMILES string of the molecule is CN=C(NCCc1c[nH]c2c(C)cccc12)N1CCN(CC(=O)N2CCCC2)CC1. The van der Waals surface area contributed by atoms with Crippen molar-refractivity contribution in [1.82, 2.24) is 25.0 Å². The number of aromatic nitrogens is 1. The van der Waals surface area contributed by atoms with Gasteiger partial charge in [-0.3, -0.25) is 14.7 Å². The maximum Gasteiger partial charge on any atom is 0.236 e. The minimum Gasteiger partial charge on any atom is -0.361 e. The first-order valence-electron chi connectivity index (χ1n) is 11.2. The summed E-state index contributed by atoms with van der Waals surface area (Å²) in [6.07, 6.45) is 5.38. The Morgan fingerprint density at radius 1 is 1.10 bits per heavy atom. The highest BCUT2D eigenvalue weighted by Crippen LogP contribution is 2.21. The zero-order chi connectivity index (χ0) is 20.9. The molecule has 2 fully saturated rings. The average molecular weight is 411 g/mol. The van der Waals surface area contributed by atoms with E-state index in [-0.39, 0.29) is 5.91 Å². The van der Waals surface area contributed by atoms with Crippen molar-refractivity contribution in [2.75, 3.05) is 59.4 Å². The lowest BCUT2D eigenvalue weighted by atomic mass is 10.1. The van der Waals surface area contributed by atoms with E-state index in [0.717, 1.165) is 71.0 Å². The third-order valence-electron chi connectivity index (χ3n) is 6.39. The molecule has 0 aliphatic carbocycles. The zero-order valence-corrected chi connectivity index (χ0v) is 18.3. The molecule has 3 heterocycles. The number of nitrogens with zero attached hydrogens (tertiary/aromatic N) is 4. The Bertz CT molecular complexity index is 890. The number of benzene rings is 1. The molecule has 2 saturated heterocycles. The van der Waals surface area contributed by atoms with Gasteiger partial charge in [0.05, 0.1) is 6.54 Å². The standard InChI is InChI=1S/C23H34N6O/c1-18-6-5-7-20-19(16-26-22(18)20)8-9-25-23(24-2)29-14-12-27(13-15-29)17-21(30)28-10-3-4-11-28/h5-7,16,26H,3-4,8-15,17H2,1-2H3,(H,24,25). The molecule has 1 aromatic carbocycles. The molecular formula is C23H34N6O. The van der Waals surface area contributed by atoms with Gasteiger partial charge < -0.3 is 20.1 Å². The second-order valence-corrected chi connectivity index (χ2v) is 8.39. The van der Waals surface area contributed by atoms with Gasteiger partial charge >= 0.3 is 0 Å². The van der Waals surface area contributed by atoms with Crippen molar-refractivity contribution < 1.29 is 4.79 Å². The minimum absolute atomic E-state index is 0.289. The molecule has 4 rings (SSSR count). The van der Waals surface area contributed by atoms with Gasteiger partial charge in [0.15, 0.2) is 5.96 Å². The fourth-order valence-corrected chi connectivity index (χ4v) is 4.59. The Balaban J connectivity index is 1.24. The van der Waals surface area contributed by atoms with Gasteiger partial charge in [-0.15, -0.1) is 0 Å². The molecule has 0 atom stereocenters. The molecule has 1 amide bonds. The molecule has 0 radical (unpaired) electrons. The van der Waals surface area contributed by atoms with Gasteiger partial charge in [0.25, 0.3) is 0 Å². The first-order valence-corrected chi connectivity index (χ1v) is 11.2. The molecule has 2 aliphatic rings. The summed E-state index contributed by atoms with van der Waals surface area (Å²) in [5.41, 5.74) is 3.85. The van der Waals surface area contributed by atoms with Crippen molar-refractivity contribution in [1.29, 1.82) is 0 Å². The number of fused-ring (bicyclic) bond motifs is 1. The molecule has 2 aromatic rings. The fourth-order valence-electron chi connectivity index (χ4n) is 4.59. The molecule has 0 spiro atoms. The van der Waals surface area contributed by atoms with Gasteiger partial charge in [-0.2, -0.15) is 0 Å². The van der Waals surface area contributed by atoms with E-state index < -0.39 is 0 Å². The molecule has 0 bridgehead atoms. The summed E-state index contributed by atoms with van der Waals surface area (Å²) in [7, 11) is 1.85. The van der Waals surface area contributed by atoms with Crippen LogP contribution >= 0.6 is 0 Å². The Morgan fingerprint density at radius 3 is 2.60 bits per heavy atom. The highest BCUT2D eigenvalue weighted by atomic mass is 16.2. The predicted octanol–water partition coefficient (Wildman–Crippen LogP) is 1.83. The maximum absolute atomic E-state index is 12.4. The molecule has 7 heteroatoms. The van der Waals surface area contributed by atoms with Crippen LogP contribution in [0.4, 0.5) is 0 Å². The topological polar surface area (TPSA) is 67.0 Å². The second kappa shape index (κ2) is 9.51. The van der Waals surface area contributed by atoms with Crippen LogP contribution in [0, 0.1) is 6.92 Å². The van der Waals surface area contributed by atoms with Crippen LogP contribution in [-0.2, 0) is 11.2 Å². The highest BCUT2D eigenvalue weighted by molar-refractivity contribution is 5.86. The highest BCUT2D eigenvalue weighted by Gasteiger charge is 2.24. The van der Waals surface area contributed by atoms with E-state index in [1.807, 2.05) is 11.9 Å². The van der Waals surface area contributed by atoms with Gasteiger partial charge in [0.1, 0.15) is 0 Å². The van der Waals surface area contributed by atoms with Crippen LogP contribution in [0.3, 0.4) is 0 Å². The second-order valence-electron chi connectivity index (χ2n) is 8.39. The number of aliphatic imine (C=N–C) groups is 1. The van der Waals surface area contributed by atoms with Gasteiger partial charge in [-0.1, -0.05) is 18.2 Å². The van der Waals surface area contributed by atoms with Crippen molar-refractivity contribution in [3.8, 4) is 0 Å². The molecule has 30 heavy (non-hydrogen) atoms. The van der Waals surface area contributed by atoms with Gasteiger partial charge in [-0.05, 0) is 37.3 Å². The normalized spacial score (nSPS) is 18.4. The molecule has 0 unspecified atom stereocenters. The summed E-state index contributed by atoms with van der Waals surface area (Å²) >= 11 is 0. The predicted molar refractivity (Wildman–Crippen MR) is 122 cm³/mol. The molecule has 0 saturated carbocycles. The van der Waals surface area contributed by atoms with Crippen molar-refractivity contribution in [2.45, 2.75) is 26.2 Å². The fraction of sp³-hybridized carbons (Fsp3) is 0.565. The lowest BCUT2D eigenvalue weighted by Crippen LogP contribution is -2.54. The van der Waals surface area contributed by atoms with E-state index in [0.29, 0.717) is 6.54 Å². The summed E-state index contributed by atoms with van der Waals surface area (Å²) in [5.74, 6) is 1.24. The van der Waals surface area contributed by atoms with Crippen LogP contribution in [0.2, 0.25) is 0 Å². The number of nitrogens with one attached hydrogen (secondary N) is 2.